The fraction of sp³-hybridized carbons (Fsp3) is 0.600. The van der Waals surface area contributed by atoms with Gasteiger partial charge in [-0.25, -0.2) is 0 Å². The second kappa shape index (κ2) is 5.03. The van der Waals surface area contributed by atoms with Crippen molar-refractivity contribution in [2.45, 2.75) is 37.1 Å². The molecule has 2 heteroatoms. The van der Waals surface area contributed by atoms with Crippen molar-refractivity contribution in [1.82, 2.24) is 5.32 Å². The summed E-state index contributed by atoms with van der Waals surface area (Å²) in [7, 11) is 0. The van der Waals surface area contributed by atoms with Crippen LogP contribution in [0.25, 0.3) is 0 Å². The van der Waals surface area contributed by atoms with Gasteiger partial charge in [0.15, 0.2) is 0 Å². The standard InChI is InChI=1S/C15H21NS/c1-11-6-7-12(8-11)9-16-14-10-17-15-5-3-2-4-13(14)15/h2-5,11-12,14,16H,6-10H2,1H3. The molecule has 92 valence electrons. The number of hydrogen-bond donors (Lipinski definition) is 1. The lowest BCUT2D eigenvalue weighted by atomic mass is 10.0. The number of rotatable bonds is 3. The second-order valence-corrected chi connectivity index (χ2v) is 6.66. The van der Waals surface area contributed by atoms with E-state index in [2.05, 4.69) is 36.5 Å². The highest BCUT2D eigenvalue weighted by Gasteiger charge is 2.25. The van der Waals surface area contributed by atoms with E-state index in [1.165, 1.54) is 42.0 Å². The van der Waals surface area contributed by atoms with Crippen molar-refractivity contribution < 1.29 is 0 Å². The Hall–Kier alpha value is -0.470. The fourth-order valence-electron chi connectivity index (χ4n) is 3.15. The largest absolute Gasteiger partial charge is 0.309 e. The molecular formula is C15H21NS. The van der Waals surface area contributed by atoms with Crippen molar-refractivity contribution >= 4 is 11.8 Å². The highest BCUT2D eigenvalue weighted by Crippen LogP contribution is 2.38. The summed E-state index contributed by atoms with van der Waals surface area (Å²) in [5.74, 6) is 3.08. The zero-order valence-corrected chi connectivity index (χ0v) is 11.3. The van der Waals surface area contributed by atoms with Gasteiger partial charge in [-0.15, -0.1) is 11.8 Å². The van der Waals surface area contributed by atoms with Gasteiger partial charge in [0.1, 0.15) is 0 Å². The zero-order chi connectivity index (χ0) is 11.7. The SMILES string of the molecule is CC1CCC(CNC2CSc3ccccc32)C1. The predicted molar refractivity (Wildman–Crippen MR) is 74.4 cm³/mol. The van der Waals surface area contributed by atoms with E-state index in [1.54, 1.807) is 0 Å². The molecule has 1 aromatic rings. The van der Waals surface area contributed by atoms with Gasteiger partial charge < -0.3 is 5.32 Å². The van der Waals surface area contributed by atoms with Gasteiger partial charge in [0, 0.05) is 16.7 Å². The molecule has 3 unspecified atom stereocenters. The minimum Gasteiger partial charge on any atom is -0.309 e. The fourth-order valence-corrected chi connectivity index (χ4v) is 4.35. The molecule has 1 saturated carbocycles. The molecule has 0 amide bonds. The third-order valence-corrected chi connectivity index (χ3v) is 5.34. The van der Waals surface area contributed by atoms with Crippen molar-refractivity contribution in [2.75, 3.05) is 12.3 Å². The average Bonchev–Trinajstić information content (AvgIpc) is 2.93. The number of benzene rings is 1. The van der Waals surface area contributed by atoms with Crippen LogP contribution >= 0.6 is 11.8 Å². The summed E-state index contributed by atoms with van der Waals surface area (Å²) in [5.41, 5.74) is 1.52. The normalized spacial score (nSPS) is 31.7. The first-order valence-electron chi connectivity index (χ1n) is 6.78. The van der Waals surface area contributed by atoms with Gasteiger partial charge in [-0.3, -0.25) is 0 Å². The van der Waals surface area contributed by atoms with Crippen LogP contribution < -0.4 is 5.32 Å². The Morgan fingerprint density at radius 3 is 3.00 bits per heavy atom. The predicted octanol–water partition coefficient (Wildman–Crippen LogP) is 3.86. The maximum absolute atomic E-state index is 3.78. The summed E-state index contributed by atoms with van der Waals surface area (Å²) in [5, 5.41) is 3.78. The molecule has 1 aliphatic carbocycles. The Kier molecular flexibility index (Phi) is 3.44. The van der Waals surface area contributed by atoms with Crippen LogP contribution in [-0.2, 0) is 0 Å². The van der Waals surface area contributed by atoms with Crippen LogP contribution in [0.3, 0.4) is 0 Å². The highest BCUT2D eigenvalue weighted by molar-refractivity contribution is 7.99. The second-order valence-electron chi connectivity index (χ2n) is 5.59. The average molecular weight is 247 g/mol. The Morgan fingerprint density at radius 1 is 1.29 bits per heavy atom. The molecule has 2 aliphatic rings. The van der Waals surface area contributed by atoms with E-state index in [0.29, 0.717) is 6.04 Å². The topological polar surface area (TPSA) is 12.0 Å². The molecule has 1 N–H and O–H groups in total. The van der Waals surface area contributed by atoms with E-state index in [1.807, 2.05) is 11.8 Å². The van der Waals surface area contributed by atoms with E-state index in [-0.39, 0.29) is 0 Å². The first-order valence-corrected chi connectivity index (χ1v) is 7.76. The van der Waals surface area contributed by atoms with Crippen LogP contribution in [0.4, 0.5) is 0 Å². The first-order chi connectivity index (χ1) is 8.33. The third kappa shape index (κ3) is 2.53. The number of thioether (sulfide) groups is 1. The molecule has 3 rings (SSSR count). The number of hydrogen-bond acceptors (Lipinski definition) is 2. The molecule has 0 spiro atoms. The molecule has 1 aromatic carbocycles. The Morgan fingerprint density at radius 2 is 2.18 bits per heavy atom. The minimum atomic E-state index is 0.590. The highest BCUT2D eigenvalue weighted by atomic mass is 32.2. The molecular weight excluding hydrogens is 226 g/mol. The molecule has 1 fully saturated rings. The molecule has 0 aromatic heterocycles. The minimum absolute atomic E-state index is 0.590. The lowest BCUT2D eigenvalue weighted by Crippen LogP contribution is -2.26. The Bertz CT molecular complexity index is 390. The van der Waals surface area contributed by atoms with Crippen LogP contribution in [0.1, 0.15) is 37.8 Å². The van der Waals surface area contributed by atoms with E-state index >= 15 is 0 Å². The molecule has 0 saturated heterocycles. The van der Waals surface area contributed by atoms with Gasteiger partial charge in [0.25, 0.3) is 0 Å². The lowest BCUT2D eigenvalue weighted by molar-refractivity contribution is 0.443. The molecule has 1 aliphatic heterocycles. The van der Waals surface area contributed by atoms with Crippen molar-refractivity contribution in [1.29, 1.82) is 0 Å². The summed E-state index contributed by atoms with van der Waals surface area (Å²) in [6, 6.07) is 9.43. The van der Waals surface area contributed by atoms with Gasteiger partial charge >= 0.3 is 0 Å². The maximum atomic E-state index is 3.78. The van der Waals surface area contributed by atoms with E-state index in [4.69, 9.17) is 0 Å². The molecule has 1 nitrogen and oxygen atoms in total. The zero-order valence-electron chi connectivity index (χ0n) is 10.5. The molecule has 1 heterocycles. The van der Waals surface area contributed by atoms with Crippen LogP contribution in [0.15, 0.2) is 29.2 Å². The summed E-state index contributed by atoms with van der Waals surface area (Å²) in [4.78, 5) is 1.48. The van der Waals surface area contributed by atoms with Gasteiger partial charge in [0.2, 0.25) is 0 Å². The van der Waals surface area contributed by atoms with Gasteiger partial charge in [-0.05, 0) is 42.9 Å². The van der Waals surface area contributed by atoms with Gasteiger partial charge in [0.05, 0.1) is 0 Å². The summed E-state index contributed by atoms with van der Waals surface area (Å²) in [6.07, 6.45) is 4.28. The van der Waals surface area contributed by atoms with Crippen LogP contribution in [-0.4, -0.2) is 12.3 Å². The van der Waals surface area contributed by atoms with Crippen LogP contribution in [0, 0.1) is 11.8 Å². The van der Waals surface area contributed by atoms with E-state index in [9.17, 15) is 0 Å². The van der Waals surface area contributed by atoms with Gasteiger partial charge in [-0.1, -0.05) is 31.5 Å². The Balaban J connectivity index is 1.57. The Labute approximate surface area is 108 Å². The number of fused-ring (bicyclic) bond motifs is 1. The molecule has 0 bridgehead atoms. The maximum Gasteiger partial charge on any atom is 0.0426 e. The van der Waals surface area contributed by atoms with Crippen molar-refractivity contribution in [3.05, 3.63) is 29.8 Å². The van der Waals surface area contributed by atoms with Gasteiger partial charge in [-0.2, -0.15) is 0 Å². The number of nitrogens with one attached hydrogen (secondary N) is 1. The molecule has 3 atom stereocenters. The van der Waals surface area contributed by atoms with E-state index < -0.39 is 0 Å². The quantitative estimate of drug-likeness (QED) is 0.870. The van der Waals surface area contributed by atoms with Crippen molar-refractivity contribution in [3.63, 3.8) is 0 Å². The van der Waals surface area contributed by atoms with E-state index in [0.717, 1.165) is 11.8 Å². The monoisotopic (exact) mass is 247 g/mol. The molecule has 0 radical (unpaired) electrons. The van der Waals surface area contributed by atoms with Crippen molar-refractivity contribution in [2.24, 2.45) is 11.8 Å². The smallest absolute Gasteiger partial charge is 0.0426 e. The summed E-state index contributed by atoms with van der Waals surface area (Å²) < 4.78 is 0. The summed E-state index contributed by atoms with van der Waals surface area (Å²) >= 11 is 2.00. The van der Waals surface area contributed by atoms with Crippen molar-refractivity contribution in [3.8, 4) is 0 Å². The first kappa shape index (κ1) is 11.6. The van der Waals surface area contributed by atoms with Crippen LogP contribution in [0.2, 0.25) is 0 Å². The molecule has 17 heavy (non-hydrogen) atoms. The third-order valence-electron chi connectivity index (χ3n) is 4.16. The summed E-state index contributed by atoms with van der Waals surface area (Å²) in [6.45, 7) is 3.60. The van der Waals surface area contributed by atoms with Crippen LogP contribution in [0.5, 0.6) is 0 Å². The lowest BCUT2D eigenvalue weighted by Gasteiger charge is -2.17.